The zero-order valence-electron chi connectivity index (χ0n) is 11.6. The Balaban J connectivity index is 1.44. The quantitative estimate of drug-likeness (QED) is 0.636. The van der Waals surface area contributed by atoms with Crippen molar-refractivity contribution >= 4 is 23.4 Å². The Morgan fingerprint density at radius 3 is 3.14 bits per heavy atom. The molecular formula is C15H17N3O2S. The van der Waals surface area contributed by atoms with Crippen LogP contribution in [0.5, 0.6) is 5.75 Å². The first kappa shape index (κ1) is 14.0. The number of anilines is 1. The second-order valence-corrected chi connectivity index (χ2v) is 5.90. The third-order valence-electron chi connectivity index (χ3n) is 3.24. The normalized spacial score (nSPS) is 13.6. The Morgan fingerprint density at radius 2 is 2.29 bits per heavy atom. The molecular weight excluding hydrogens is 286 g/mol. The van der Waals surface area contributed by atoms with Crippen LogP contribution in [0.2, 0.25) is 0 Å². The summed E-state index contributed by atoms with van der Waals surface area (Å²) in [5.74, 6) is 1.92. The molecule has 1 aliphatic rings. The van der Waals surface area contributed by atoms with Gasteiger partial charge in [0.05, 0.1) is 6.61 Å². The molecule has 3 rings (SSSR count). The summed E-state index contributed by atoms with van der Waals surface area (Å²) < 4.78 is 5.76. The molecule has 1 aromatic heterocycles. The molecule has 1 aliphatic heterocycles. The van der Waals surface area contributed by atoms with Crippen LogP contribution in [0.25, 0.3) is 0 Å². The monoisotopic (exact) mass is 303 g/mol. The summed E-state index contributed by atoms with van der Waals surface area (Å²) in [4.78, 5) is 18.5. The minimum Gasteiger partial charge on any atom is -0.494 e. The van der Waals surface area contributed by atoms with Gasteiger partial charge in [0.25, 0.3) is 0 Å². The van der Waals surface area contributed by atoms with E-state index in [1.54, 1.807) is 18.0 Å². The van der Waals surface area contributed by atoms with E-state index in [1.807, 2.05) is 24.4 Å². The Bertz CT molecular complexity index is 613. The van der Waals surface area contributed by atoms with Crippen molar-refractivity contribution in [3.63, 3.8) is 0 Å². The molecule has 2 heterocycles. The predicted molar refractivity (Wildman–Crippen MR) is 82.8 cm³/mol. The molecule has 0 fully saturated rings. The number of fused-ring (bicyclic) bond motifs is 1. The van der Waals surface area contributed by atoms with Gasteiger partial charge in [-0.15, -0.1) is 0 Å². The van der Waals surface area contributed by atoms with Gasteiger partial charge in [0, 0.05) is 30.3 Å². The number of rotatable bonds is 6. The van der Waals surface area contributed by atoms with Gasteiger partial charge in [-0.3, -0.25) is 4.79 Å². The van der Waals surface area contributed by atoms with Gasteiger partial charge in [-0.1, -0.05) is 11.8 Å². The minimum absolute atomic E-state index is 0.0890. The molecule has 110 valence electrons. The third-order valence-corrected chi connectivity index (χ3v) is 4.23. The predicted octanol–water partition coefficient (Wildman–Crippen LogP) is 2.86. The van der Waals surface area contributed by atoms with Crippen LogP contribution in [0.15, 0.2) is 35.7 Å². The Labute approximate surface area is 127 Å². The van der Waals surface area contributed by atoms with Crippen molar-refractivity contribution in [2.75, 3.05) is 17.7 Å². The molecule has 0 bridgehead atoms. The average molecular weight is 303 g/mol. The highest BCUT2D eigenvalue weighted by atomic mass is 32.2. The standard InChI is InChI=1S/C15H17N3O2S/c19-14-5-2-11-10-12(3-4-13(11)18-14)20-8-1-9-21-15-16-6-7-17-15/h3-4,6-7,10H,1-2,5,8-9H2,(H,16,17)(H,18,19). The zero-order valence-corrected chi connectivity index (χ0v) is 12.4. The molecule has 0 unspecified atom stereocenters. The third kappa shape index (κ3) is 3.78. The summed E-state index contributed by atoms with van der Waals surface area (Å²) in [6.07, 6.45) is 5.87. The fourth-order valence-electron chi connectivity index (χ4n) is 2.20. The number of hydrogen-bond donors (Lipinski definition) is 2. The van der Waals surface area contributed by atoms with Crippen molar-refractivity contribution in [2.45, 2.75) is 24.4 Å². The maximum absolute atomic E-state index is 11.3. The number of nitrogens with zero attached hydrogens (tertiary/aromatic N) is 1. The van der Waals surface area contributed by atoms with Crippen LogP contribution in [0.1, 0.15) is 18.4 Å². The lowest BCUT2D eigenvalue weighted by Gasteiger charge is -2.17. The number of aromatic nitrogens is 2. The van der Waals surface area contributed by atoms with Crippen LogP contribution >= 0.6 is 11.8 Å². The largest absolute Gasteiger partial charge is 0.494 e. The van der Waals surface area contributed by atoms with E-state index >= 15 is 0 Å². The van der Waals surface area contributed by atoms with Gasteiger partial charge in [-0.2, -0.15) is 0 Å². The van der Waals surface area contributed by atoms with Gasteiger partial charge in [0.15, 0.2) is 5.16 Å². The van der Waals surface area contributed by atoms with Crippen LogP contribution in [0.3, 0.4) is 0 Å². The highest BCUT2D eigenvalue weighted by Gasteiger charge is 2.14. The number of ether oxygens (including phenoxy) is 1. The molecule has 0 spiro atoms. The SMILES string of the molecule is O=C1CCc2cc(OCCCSc3ncc[nH]3)ccc2N1. The topological polar surface area (TPSA) is 67.0 Å². The van der Waals surface area contributed by atoms with Gasteiger partial charge in [-0.25, -0.2) is 4.98 Å². The van der Waals surface area contributed by atoms with Crippen molar-refractivity contribution in [1.29, 1.82) is 0 Å². The number of hydrogen-bond acceptors (Lipinski definition) is 4. The van der Waals surface area contributed by atoms with Crippen LogP contribution in [0, 0.1) is 0 Å². The number of aromatic amines is 1. The lowest BCUT2D eigenvalue weighted by atomic mass is 10.0. The summed E-state index contributed by atoms with van der Waals surface area (Å²) in [5.41, 5.74) is 2.06. The Morgan fingerprint density at radius 1 is 1.33 bits per heavy atom. The smallest absolute Gasteiger partial charge is 0.224 e. The van der Waals surface area contributed by atoms with Gasteiger partial charge < -0.3 is 15.0 Å². The van der Waals surface area contributed by atoms with Crippen molar-refractivity contribution in [1.82, 2.24) is 9.97 Å². The van der Waals surface area contributed by atoms with Crippen LogP contribution in [0.4, 0.5) is 5.69 Å². The van der Waals surface area contributed by atoms with Gasteiger partial charge in [0.1, 0.15) is 5.75 Å². The molecule has 21 heavy (non-hydrogen) atoms. The number of benzene rings is 1. The number of carbonyl (C=O) groups excluding carboxylic acids is 1. The Kier molecular flexibility index (Phi) is 4.45. The van der Waals surface area contributed by atoms with Crippen molar-refractivity contribution in [2.24, 2.45) is 0 Å². The first-order valence-electron chi connectivity index (χ1n) is 6.99. The number of H-pyrrole nitrogens is 1. The molecule has 5 nitrogen and oxygen atoms in total. The number of carbonyl (C=O) groups is 1. The first-order valence-corrected chi connectivity index (χ1v) is 7.97. The van der Waals surface area contributed by atoms with E-state index in [9.17, 15) is 4.79 Å². The second-order valence-electron chi connectivity index (χ2n) is 4.81. The van der Waals surface area contributed by atoms with E-state index in [4.69, 9.17) is 4.74 Å². The van der Waals surface area contributed by atoms with Crippen molar-refractivity contribution in [3.8, 4) is 5.75 Å². The summed E-state index contributed by atoms with van der Waals surface area (Å²) >= 11 is 1.69. The van der Waals surface area contributed by atoms with E-state index < -0.39 is 0 Å². The fraction of sp³-hybridized carbons (Fsp3) is 0.333. The average Bonchev–Trinajstić information content (AvgIpc) is 3.00. The molecule has 2 aromatic rings. The molecule has 0 saturated heterocycles. The molecule has 0 saturated carbocycles. The first-order chi connectivity index (χ1) is 10.3. The fourth-order valence-corrected chi connectivity index (χ4v) is 2.94. The van der Waals surface area contributed by atoms with Crippen LogP contribution in [-0.2, 0) is 11.2 Å². The molecule has 0 aliphatic carbocycles. The summed E-state index contributed by atoms with van der Waals surface area (Å²) in [5, 5.41) is 3.81. The van der Waals surface area contributed by atoms with Crippen molar-refractivity contribution < 1.29 is 9.53 Å². The van der Waals surface area contributed by atoms with Crippen molar-refractivity contribution in [3.05, 3.63) is 36.2 Å². The molecule has 0 radical (unpaired) electrons. The number of thioether (sulfide) groups is 1. The number of imidazole rings is 1. The van der Waals surface area contributed by atoms with E-state index in [2.05, 4.69) is 15.3 Å². The van der Waals surface area contributed by atoms with E-state index in [-0.39, 0.29) is 5.91 Å². The summed E-state index contributed by atoms with van der Waals surface area (Å²) in [6, 6.07) is 5.85. The number of nitrogens with one attached hydrogen (secondary N) is 2. The minimum atomic E-state index is 0.0890. The Hall–Kier alpha value is -1.95. The van der Waals surface area contributed by atoms with Crippen LogP contribution < -0.4 is 10.1 Å². The van der Waals surface area contributed by atoms with E-state index in [0.29, 0.717) is 13.0 Å². The van der Waals surface area contributed by atoms with Crippen LogP contribution in [-0.4, -0.2) is 28.2 Å². The number of aryl methyl sites for hydroxylation is 1. The molecule has 2 N–H and O–H groups in total. The van der Waals surface area contributed by atoms with E-state index in [0.717, 1.165) is 40.8 Å². The lowest BCUT2D eigenvalue weighted by molar-refractivity contribution is -0.116. The maximum atomic E-state index is 11.3. The molecule has 6 heteroatoms. The van der Waals surface area contributed by atoms with E-state index in [1.165, 1.54) is 0 Å². The summed E-state index contributed by atoms with van der Waals surface area (Å²) in [7, 11) is 0. The molecule has 1 amide bonds. The van der Waals surface area contributed by atoms with Gasteiger partial charge in [0.2, 0.25) is 5.91 Å². The highest BCUT2D eigenvalue weighted by Crippen LogP contribution is 2.26. The number of amides is 1. The molecule has 1 aromatic carbocycles. The summed E-state index contributed by atoms with van der Waals surface area (Å²) in [6.45, 7) is 0.679. The maximum Gasteiger partial charge on any atom is 0.224 e. The van der Waals surface area contributed by atoms with Gasteiger partial charge in [-0.05, 0) is 36.6 Å². The second kappa shape index (κ2) is 6.67. The lowest BCUT2D eigenvalue weighted by Crippen LogP contribution is -2.18. The zero-order chi connectivity index (χ0) is 14.5. The molecule has 0 atom stereocenters. The van der Waals surface area contributed by atoms with Gasteiger partial charge >= 0.3 is 0 Å². The highest BCUT2D eigenvalue weighted by molar-refractivity contribution is 7.99.